The van der Waals surface area contributed by atoms with Gasteiger partial charge in [0.25, 0.3) is 5.91 Å². The summed E-state index contributed by atoms with van der Waals surface area (Å²) < 4.78 is 5.59. The number of carbonyl (C=O) groups excluding carboxylic acids is 1. The highest BCUT2D eigenvalue weighted by atomic mass is 35.5. The minimum absolute atomic E-state index is 0.195. The number of hydrogen-bond donors (Lipinski definition) is 2. The minimum Gasteiger partial charge on any atom is -0.479 e. The number of halogens is 1. The van der Waals surface area contributed by atoms with Crippen LogP contribution in [0.5, 0.6) is 5.75 Å². The van der Waals surface area contributed by atoms with Crippen molar-refractivity contribution >= 4 is 17.5 Å². The van der Waals surface area contributed by atoms with Gasteiger partial charge in [0.15, 0.2) is 6.10 Å². The Morgan fingerprint density at radius 1 is 1.52 bits per heavy atom. The van der Waals surface area contributed by atoms with Crippen LogP contribution < -0.4 is 15.4 Å². The van der Waals surface area contributed by atoms with Crippen molar-refractivity contribution in [3.63, 3.8) is 0 Å². The molecule has 0 aromatic heterocycles. The van der Waals surface area contributed by atoms with Crippen molar-refractivity contribution in [3.05, 3.63) is 41.4 Å². The Labute approximate surface area is 131 Å². The summed E-state index contributed by atoms with van der Waals surface area (Å²) in [4.78, 5) is 11.7. The van der Waals surface area contributed by atoms with Gasteiger partial charge in [0.1, 0.15) is 5.75 Å². The average molecular weight is 311 g/mol. The highest BCUT2D eigenvalue weighted by Gasteiger charge is 2.15. The number of benzene rings is 1. The lowest BCUT2D eigenvalue weighted by molar-refractivity contribution is -0.127. The van der Waals surface area contributed by atoms with E-state index in [1.54, 1.807) is 19.1 Å². The summed E-state index contributed by atoms with van der Waals surface area (Å²) in [7, 11) is 0. The fourth-order valence-corrected chi connectivity index (χ4v) is 1.97. The van der Waals surface area contributed by atoms with Gasteiger partial charge < -0.3 is 15.4 Å². The van der Waals surface area contributed by atoms with Crippen molar-refractivity contribution in [1.29, 1.82) is 0 Å². The van der Waals surface area contributed by atoms with Gasteiger partial charge in [0, 0.05) is 13.1 Å². The number of nitrogens with one attached hydrogen (secondary N) is 2. The molecule has 0 aliphatic heterocycles. The summed E-state index contributed by atoms with van der Waals surface area (Å²) in [6, 6.07) is 5.59. The van der Waals surface area contributed by atoms with Crippen molar-refractivity contribution in [2.45, 2.75) is 32.9 Å². The van der Waals surface area contributed by atoms with Crippen molar-refractivity contribution in [3.8, 4) is 5.75 Å². The third-order valence-electron chi connectivity index (χ3n) is 2.85. The number of rotatable bonds is 9. The lowest BCUT2D eigenvalue weighted by Crippen LogP contribution is -2.36. The van der Waals surface area contributed by atoms with Crippen molar-refractivity contribution in [2.24, 2.45) is 0 Å². The molecule has 1 amide bonds. The minimum atomic E-state index is -0.605. The smallest absolute Gasteiger partial charge is 0.261 e. The molecule has 1 rings (SSSR count). The Morgan fingerprint density at radius 2 is 2.29 bits per heavy atom. The number of amides is 1. The average Bonchev–Trinajstić information content (AvgIpc) is 2.47. The van der Waals surface area contributed by atoms with E-state index in [2.05, 4.69) is 24.1 Å². The first-order valence-corrected chi connectivity index (χ1v) is 7.50. The second-order valence-corrected chi connectivity index (χ2v) is 5.14. The number of carbonyl (C=O) groups is 1. The highest BCUT2D eigenvalue weighted by molar-refractivity contribution is 6.32. The van der Waals surface area contributed by atoms with Crippen LogP contribution in [-0.2, 0) is 11.3 Å². The first kappa shape index (κ1) is 17.5. The maximum atomic E-state index is 11.7. The van der Waals surface area contributed by atoms with Crippen LogP contribution in [-0.4, -0.2) is 25.1 Å². The molecule has 0 saturated heterocycles. The molecule has 0 bridgehead atoms. The standard InChI is InChI=1S/C16H23ClN2O2/c1-4-8-18-11-13-6-7-15(14(17)10-13)21-12(3)16(20)19-9-5-2/h5-7,10,12,18H,2,4,8-9,11H2,1,3H3,(H,19,20). The molecule has 0 radical (unpaired) electrons. The molecular formula is C16H23ClN2O2. The van der Waals surface area contributed by atoms with Crippen LogP contribution in [0.2, 0.25) is 5.02 Å². The molecule has 0 fully saturated rings. The third-order valence-corrected chi connectivity index (χ3v) is 3.14. The van der Waals surface area contributed by atoms with Gasteiger partial charge in [-0.1, -0.05) is 30.7 Å². The number of hydrogen-bond acceptors (Lipinski definition) is 3. The molecule has 4 nitrogen and oxygen atoms in total. The largest absolute Gasteiger partial charge is 0.479 e. The molecule has 5 heteroatoms. The van der Waals surface area contributed by atoms with E-state index in [1.165, 1.54) is 0 Å². The van der Waals surface area contributed by atoms with Gasteiger partial charge in [-0.3, -0.25) is 4.79 Å². The molecular weight excluding hydrogens is 288 g/mol. The topological polar surface area (TPSA) is 50.4 Å². The molecule has 0 aliphatic rings. The molecule has 1 aromatic carbocycles. The van der Waals surface area contributed by atoms with Crippen LogP contribution in [0.15, 0.2) is 30.9 Å². The molecule has 0 saturated carbocycles. The van der Waals surface area contributed by atoms with Crippen LogP contribution in [0.25, 0.3) is 0 Å². The monoisotopic (exact) mass is 310 g/mol. The van der Waals surface area contributed by atoms with E-state index in [4.69, 9.17) is 16.3 Å². The summed E-state index contributed by atoms with van der Waals surface area (Å²) >= 11 is 6.19. The molecule has 1 atom stereocenters. The van der Waals surface area contributed by atoms with E-state index >= 15 is 0 Å². The van der Waals surface area contributed by atoms with Crippen molar-refractivity contribution in [1.82, 2.24) is 10.6 Å². The van der Waals surface area contributed by atoms with E-state index in [1.807, 2.05) is 12.1 Å². The third kappa shape index (κ3) is 6.19. The van der Waals surface area contributed by atoms with Gasteiger partial charge in [-0.05, 0) is 37.6 Å². The zero-order chi connectivity index (χ0) is 15.7. The molecule has 2 N–H and O–H groups in total. The predicted octanol–water partition coefficient (Wildman–Crippen LogP) is 2.91. The van der Waals surface area contributed by atoms with Gasteiger partial charge in [-0.15, -0.1) is 6.58 Å². The van der Waals surface area contributed by atoms with Crippen molar-refractivity contribution in [2.75, 3.05) is 13.1 Å². The highest BCUT2D eigenvalue weighted by Crippen LogP contribution is 2.26. The van der Waals surface area contributed by atoms with Crippen LogP contribution in [0.3, 0.4) is 0 Å². The zero-order valence-electron chi connectivity index (χ0n) is 12.6. The lowest BCUT2D eigenvalue weighted by Gasteiger charge is -2.15. The second kappa shape index (κ2) is 9.42. The zero-order valence-corrected chi connectivity index (χ0v) is 13.4. The Hall–Kier alpha value is -1.52. The SMILES string of the molecule is C=CCNC(=O)C(C)Oc1ccc(CNCCC)cc1Cl. The van der Waals surface area contributed by atoms with Crippen LogP contribution in [0, 0.1) is 0 Å². The van der Waals surface area contributed by atoms with E-state index in [0.717, 1.165) is 25.1 Å². The summed E-state index contributed by atoms with van der Waals surface area (Å²) in [6.07, 6.45) is 2.11. The van der Waals surface area contributed by atoms with Gasteiger partial charge in [0.05, 0.1) is 5.02 Å². The first-order valence-electron chi connectivity index (χ1n) is 7.12. The van der Waals surface area contributed by atoms with E-state index in [0.29, 0.717) is 17.3 Å². The van der Waals surface area contributed by atoms with Crippen LogP contribution in [0.1, 0.15) is 25.8 Å². The Bertz CT molecular complexity index is 477. The molecule has 0 spiro atoms. The van der Waals surface area contributed by atoms with Gasteiger partial charge in [0.2, 0.25) is 0 Å². The maximum Gasteiger partial charge on any atom is 0.261 e. The normalized spacial score (nSPS) is 11.8. The molecule has 1 unspecified atom stereocenters. The quantitative estimate of drug-likeness (QED) is 0.544. The van der Waals surface area contributed by atoms with Crippen LogP contribution in [0.4, 0.5) is 0 Å². The van der Waals surface area contributed by atoms with E-state index in [9.17, 15) is 4.79 Å². The molecule has 116 valence electrons. The fourth-order valence-electron chi connectivity index (χ4n) is 1.72. The summed E-state index contributed by atoms with van der Waals surface area (Å²) in [6.45, 7) is 9.51. The summed E-state index contributed by atoms with van der Waals surface area (Å²) in [5.41, 5.74) is 1.09. The van der Waals surface area contributed by atoms with E-state index < -0.39 is 6.10 Å². The lowest BCUT2D eigenvalue weighted by atomic mass is 10.2. The summed E-state index contributed by atoms with van der Waals surface area (Å²) in [5.74, 6) is 0.316. The van der Waals surface area contributed by atoms with E-state index in [-0.39, 0.29) is 5.91 Å². The van der Waals surface area contributed by atoms with Crippen molar-refractivity contribution < 1.29 is 9.53 Å². The van der Waals surface area contributed by atoms with Crippen LogP contribution >= 0.6 is 11.6 Å². The van der Waals surface area contributed by atoms with Gasteiger partial charge in [-0.25, -0.2) is 0 Å². The van der Waals surface area contributed by atoms with Gasteiger partial charge in [-0.2, -0.15) is 0 Å². The second-order valence-electron chi connectivity index (χ2n) is 4.74. The number of ether oxygens (including phenoxy) is 1. The molecule has 0 aliphatic carbocycles. The Kier molecular flexibility index (Phi) is 7.87. The predicted molar refractivity (Wildman–Crippen MR) is 86.7 cm³/mol. The first-order chi connectivity index (χ1) is 10.1. The summed E-state index contributed by atoms with van der Waals surface area (Å²) in [5, 5.41) is 6.50. The fraction of sp³-hybridized carbons (Fsp3) is 0.438. The Balaban J connectivity index is 2.59. The molecule has 21 heavy (non-hydrogen) atoms. The van der Waals surface area contributed by atoms with Gasteiger partial charge >= 0.3 is 0 Å². The molecule has 1 aromatic rings. The Morgan fingerprint density at radius 3 is 2.90 bits per heavy atom. The maximum absolute atomic E-state index is 11.7. The molecule has 0 heterocycles.